The van der Waals surface area contributed by atoms with Crippen molar-refractivity contribution in [3.63, 3.8) is 0 Å². The fourth-order valence-corrected chi connectivity index (χ4v) is 5.13. The van der Waals surface area contributed by atoms with E-state index < -0.39 is 17.8 Å². The summed E-state index contributed by atoms with van der Waals surface area (Å²) < 4.78 is 0. The maximum absolute atomic E-state index is 12.8. The summed E-state index contributed by atoms with van der Waals surface area (Å²) in [5, 5.41) is 15.4. The second-order valence-electron chi connectivity index (χ2n) is 9.29. The number of aliphatic carboxylic acids is 1. The van der Waals surface area contributed by atoms with E-state index in [-0.39, 0.29) is 17.9 Å². The summed E-state index contributed by atoms with van der Waals surface area (Å²) in [6, 6.07) is 15.0. The molecule has 3 N–H and O–H groups in total. The largest absolute Gasteiger partial charge is 0.481 e. The van der Waals surface area contributed by atoms with E-state index in [2.05, 4.69) is 10.6 Å². The Bertz CT molecular complexity index is 976. The summed E-state index contributed by atoms with van der Waals surface area (Å²) in [5.41, 5.74) is 3.23. The lowest BCUT2D eigenvalue weighted by Gasteiger charge is -2.17. The Kier molecular flexibility index (Phi) is 7.43. The van der Waals surface area contributed by atoms with Crippen LogP contribution in [-0.4, -0.2) is 28.9 Å². The van der Waals surface area contributed by atoms with Crippen LogP contribution < -0.4 is 10.6 Å². The molecule has 0 radical (unpaired) electrons. The molecule has 2 saturated carbocycles. The molecule has 0 saturated heterocycles. The van der Waals surface area contributed by atoms with Crippen molar-refractivity contribution in [2.24, 2.45) is 11.8 Å². The van der Waals surface area contributed by atoms with Crippen molar-refractivity contribution in [2.45, 2.75) is 63.8 Å². The van der Waals surface area contributed by atoms with E-state index in [9.17, 15) is 19.5 Å². The standard InChI is InChI=1S/C27H32N2O4/c30-25(23-8-5-9-24(23)26(31)32)20-12-10-18(11-13-20)19-14-16-22(17-15-19)29-27(33)28-21-6-3-1-2-4-7-21/h10-17,21,23-24H,1-9H2,(H,31,32)(H2,28,29,33)/t23-,24-/m1/s1. The van der Waals surface area contributed by atoms with Gasteiger partial charge in [-0.05, 0) is 48.9 Å². The summed E-state index contributed by atoms with van der Waals surface area (Å²) in [5.74, 6) is -1.95. The summed E-state index contributed by atoms with van der Waals surface area (Å²) in [6.07, 6.45) is 8.92. The van der Waals surface area contributed by atoms with Crippen molar-refractivity contribution in [2.75, 3.05) is 5.32 Å². The molecule has 33 heavy (non-hydrogen) atoms. The number of hydrogen-bond donors (Lipinski definition) is 3. The number of benzene rings is 2. The van der Waals surface area contributed by atoms with Gasteiger partial charge >= 0.3 is 12.0 Å². The van der Waals surface area contributed by atoms with Crippen LogP contribution in [0.2, 0.25) is 0 Å². The highest BCUT2D eigenvalue weighted by Crippen LogP contribution is 2.35. The summed E-state index contributed by atoms with van der Waals surface area (Å²) >= 11 is 0. The van der Waals surface area contributed by atoms with Gasteiger partial charge in [0.15, 0.2) is 5.78 Å². The fourth-order valence-electron chi connectivity index (χ4n) is 5.13. The van der Waals surface area contributed by atoms with Crippen LogP contribution in [0.3, 0.4) is 0 Å². The van der Waals surface area contributed by atoms with Crippen molar-refractivity contribution in [1.82, 2.24) is 5.32 Å². The molecule has 0 aliphatic heterocycles. The van der Waals surface area contributed by atoms with Gasteiger partial charge in [-0.25, -0.2) is 4.79 Å². The van der Waals surface area contributed by atoms with E-state index in [0.717, 1.165) is 36.1 Å². The molecule has 4 rings (SSSR count). The van der Waals surface area contributed by atoms with Gasteiger partial charge in [0.1, 0.15) is 0 Å². The topological polar surface area (TPSA) is 95.5 Å². The Hall–Kier alpha value is -3.15. The normalized spacial score (nSPS) is 21.2. The molecule has 0 unspecified atom stereocenters. The van der Waals surface area contributed by atoms with Gasteiger partial charge in [0.05, 0.1) is 5.92 Å². The van der Waals surface area contributed by atoms with E-state index >= 15 is 0 Å². The number of rotatable bonds is 6. The van der Waals surface area contributed by atoms with Gasteiger partial charge in [-0.2, -0.15) is 0 Å². The van der Waals surface area contributed by atoms with Crippen LogP contribution in [0.1, 0.15) is 68.1 Å². The molecule has 2 amide bonds. The van der Waals surface area contributed by atoms with Crippen molar-refractivity contribution in [3.8, 4) is 11.1 Å². The van der Waals surface area contributed by atoms with Gasteiger partial charge in [-0.3, -0.25) is 9.59 Å². The number of carboxylic acid groups (broad SMARTS) is 1. The molecular formula is C27H32N2O4. The summed E-state index contributed by atoms with van der Waals surface area (Å²) in [7, 11) is 0. The second kappa shape index (κ2) is 10.6. The number of ketones is 1. The van der Waals surface area contributed by atoms with Crippen molar-refractivity contribution < 1.29 is 19.5 Å². The molecule has 0 spiro atoms. The van der Waals surface area contributed by atoms with Gasteiger partial charge in [0, 0.05) is 23.2 Å². The monoisotopic (exact) mass is 448 g/mol. The quantitative estimate of drug-likeness (QED) is 0.380. The molecule has 6 nitrogen and oxygen atoms in total. The highest BCUT2D eigenvalue weighted by Gasteiger charge is 2.37. The van der Waals surface area contributed by atoms with Crippen molar-refractivity contribution in [3.05, 3.63) is 54.1 Å². The molecule has 2 atom stereocenters. The average molecular weight is 449 g/mol. The highest BCUT2D eigenvalue weighted by molar-refractivity contribution is 6.00. The Balaban J connectivity index is 1.35. The SMILES string of the molecule is O=C(Nc1ccc(-c2ccc(C(=O)[C@@H]3CCC[C@H]3C(=O)O)cc2)cc1)NC1CCCCCC1. The minimum atomic E-state index is -0.876. The Morgan fingerprint density at radius 1 is 0.697 bits per heavy atom. The summed E-state index contributed by atoms with van der Waals surface area (Å²) in [6.45, 7) is 0. The lowest BCUT2D eigenvalue weighted by molar-refractivity contribution is -0.142. The molecule has 174 valence electrons. The Labute approximate surface area is 194 Å². The van der Waals surface area contributed by atoms with E-state index in [1.54, 1.807) is 12.1 Å². The molecule has 2 aliphatic rings. The highest BCUT2D eigenvalue weighted by atomic mass is 16.4. The molecule has 2 aromatic carbocycles. The predicted octanol–water partition coefficient (Wildman–Crippen LogP) is 5.88. The second-order valence-corrected chi connectivity index (χ2v) is 9.29. The predicted molar refractivity (Wildman–Crippen MR) is 128 cm³/mol. The molecule has 0 heterocycles. The van der Waals surface area contributed by atoms with Crippen molar-refractivity contribution >= 4 is 23.5 Å². The molecule has 2 aromatic rings. The van der Waals surface area contributed by atoms with Gasteiger partial charge in [-0.1, -0.05) is 68.5 Å². The molecule has 2 fully saturated rings. The van der Waals surface area contributed by atoms with E-state index in [4.69, 9.17) is 0 Å². The van der Waals surface area contributed by atoms with Crippen LogP contribution in [-0.2, 0) is 4.79 Å². The van der Waals surface area contributed by atoms with Crippen molar-refractivity contribution in [1.29, 1.82) is 0 Å². The number of urea groups is 1. The first kappa shape index (κ1) is 23.0. The minimum absolute atomic E-state index is 0.0781. The number of anilines is 1. The van der Waals surface area contributed by atoms with E-state index in [0.29, 0.717) is 18.4 Å². The first-order chi connectivity index (χ1) is 16.0. The molecule has 2 aliphatic carbocycles. The van der Waals surface area contributed by atoms with Crippen LogP contribution in [0.5, 0.6) is 0 Å². The third-order valence-corrected chi connectivity index (χ3v) is 7.01. The number of carboxylic acids is 1. The zero-order valence-electron chi connectivity index (χ0n) is 18.9. The van der Waals surface area contributed by atoms with Gasteiger partial charge in [-0.15, -0.1) is 0 Å². The van der Waals surface area contributed by atoms with Crippen LogP contribution >= 0.6 is 0 Å². The number of carbonyl (C=O) groups is 3. The van der Waals surface area contributed by atoms with Crippen LogP contribution in [0.25, 0.3) is 11.1 Å². The van der Waals surface area contributed by atoms with E-state index in [1.165, 1.54) is 25.7 Å². The number of nitrogens with one attached hydrogen (secondary N) is 2. The molecule has 6 heteroatoms. The summed E-state index contributed by atoms with van der Waals surface area (Å²) in [4.78, 5) is 36.6. The lowest BCUT2D eigenvalue weighted by atomic mass is 9.88. The molecular weight excluding hydrogens is 416 g/mol. The number of carbonyl (C=O) groups excluding carboxylic acids is 2. The minimum Gasteiger partial charge on any atom is -0.481 e. The maximum atomic E-state index is 12.8. The zero-order valence-corrected chi connectivity index (χ0v) is 18.9. The number of hydrogen-bond acceptors (Lipinski definition) is 3. The smallest absolute Gasteiger partial charge is 0.319 e. The van der Waals surface area contributed by atoms with Gasteiger partial charge in [0.25, 0.3) is 0 Å². The maximum Gasteiger partial charge on any atom is 0.319 e. The first-order valence-electron chi connectivity index (χ1n) is 12.1. The fraction of sp³-hybridized carbons (Fsp3) is 0.444. The Morgan fingerprint density at radius 2 is 1.27 bits per heavy atom. The first-order valence-corrected chi connectivity index (χ1v) is 12.1. The number of Topliss-reactive ketones (excluding diaryl/α,β-unsaturated/α-hetero) is 1. The third-order valence-electron chi connectivity index (χ3n) is 7.01. The molecule has 0 aromatic heterocycles. The van der Waals surface area contributed by atoms with Crippen LogP contribution in [0.4, 0.5) is 10.5 Å². The third kappa shape index (κ3) is 5.81. The van der Waals surface area contributed by atoms with E-state index in [1.807, 2.05) is 36.4 Å². The lowest BCUT2D eigenvalue weighted by Crippen LogP contribution is -2.37. The van der Waals surface area contributed by atoms with Crippen LogP contribution in [0.15, 0.2) is 48.5 Å². The number of amides is 2. The average Bonchev–Trinajstić information content (AvgIpc) is 3.18. The molecule has 0 bridgehead atoms. The van der Waals surface area contributed by atoms with Crippen LogP contribution in [0, 0.1) is 11.8 Å². The zero-order chi connectivity index (χ0) is 23.2. The van der Waals surface area contributed by atoms with Gasteiger partial charge < -0.3 is 15.7 Å². The Morgan fingerprint density at radius 3 is 1.88 bits per heavy atom. The van der Waals surface area contributed by atoms with Gasteiger partial charge in [0.2, 0.25) is 0 Å².